The number of aryl methyl sites for hydroxylation is 1. The van der Waals surface area contributed by atoms with Crippen molar-refractivity contribution < 1.29 is 9.47 Å². The van der Waals surface area contributed by atoms with Crippen LogP contribution in [0.4, 0.5) is 0 Å². The Labute approximate surface area is 188 Å². The summed E-state index contributed by atoms with van der Waals surface area (Å²) in [5.41, 5.74) is 6.18. The van der Waals surface area contributed by atoms with E-state index in [0.717, 1.165) is 30.9 Å². The summed E-state index contributed by atoms with van der Waals surface area (Å²) >= 11 is 0. The molecule has 0 spiro atoms. The van der Waals surface area contributed by atoms with Gasteiger partial charge in [0.25, 0.3) is 0 Å². The molecule has 164 valence electrons. The Bertz CT molecular complexity index is 926. The first-order chi connectivity index (χ1) is 15.1. The number of ether oxygens (including phenoxy) is 2. The molecule has 0 heterocycles. The van der Waals surface area contributed by atoms with Crippen LogP contribution in [-0.2, 0) is 0 Å². The molecule has 2 nitrogen and oxygen atoms in total. The van der Waals surface area contributed by atoms with Gasteiger partial charge in [0.05, 0.1) is 12.7 Å². The smallest absolute Gasteiger partial charge is 0.119 e. The van der Waals surface area contributed by atoms with E-state index in [1.165, 1.54) is 47.1 Å². The number of unbranched alkanes of at least 4 members (excludes halogenated alkanes) is 3. The standard InChI is InChI=1S/C29H36O2/c1-5-7-8-9-20-30-27-15-12-25(13-16-27)29-19-14-26(21-22(29)3)24-10-17-28(18-11-24)31-23(4)6-2/h10-19,21,23H,5-9,20H2,1-4H3/t23-/m1/s1. The first-order valence-electron chi connectivity index (χ1n) is 11.7. The normalized spacial score (nSPS) is 11.9. The van der Waals surface area contributed by atoms with Crippen LogP contribution in [0.15, 0.2) is 66.7 Å². The first kappa shape index (κ1) is 22.9. The van der Waals surface area contributed by atoms with E-state index in [4.69, 9.17) is 9.47 Å². The van der Waals surface area contributed by atoms with Gasteiger partial charge in [-0.3, -0.25) is 0 Å². The van der Waals surface area contributed by atoms with Crippen molar-refractivity contribution >= 4 is 0 Å². The number of rotatable bonds is 11. The number of benzene rings is 3. The Kier molecular flexibility index (Phi) is 8.58. The molecule has 2 heteroatoms. The van der Waals surface area contributed by atoms with E-state index in [0.29, 0.717) is 0 Å². The molecule has 0 N–H and O–H groups in total. The van der Waals surface area contributed by atoms with Gasteiger partial charge in [0.15, 0.2) is 0 Å². The van der Waals surface area contributed by atoms with Gasteiger partial charge in [-0.2, -0.15) is 0 Å². The van der Waals surface area contributed by atoms with Crippen LogP contribution >= 0.6 is 0 Å². The van der Waals surface area contributed by atoms with Crippen LogP contribution in [0.1, 0.15) is 58.4 Å². The van der Waals surface area contributed by atoms with E-state index in [-0.39, 0.29) is 6.10 Å². The zero-order valence-corrected chi connectivity index (χ0v) is 19.5. The molecule has 3 rings (SSSR count). The summed E-state index contributed by atoms with van der Waals surface area (Å²) in [5.74, 6) is 1.88. The minimum atomic E-state index is 0.241. The topological polar surface area (TPSA) is 18.5 Å². The van der Waals surface area contributed by atoms with Crippen molar-refractivity contribution in [3.63, 3.8) is 0 Å². The summed E-state index contributed by atoms with van der Waals surface area (Å²) in [6, 6.07) is 23.6. The third-order valence-corrected chi connectivity index (χ3v) is 5.76. The van der Waals surface area contributed by atoms with Gasteiger partial charge in [-0.25, -0.2) is 0 Å². The Hall–Kier alpha value is -2.74. The Morgan fingerprint density at radius 1 is 0.710 bits per heavy atom. The largest absolute Gasteiger partial charge is 0.494 e. The molecule has 0 bridgehead atoms. The Balaban J connectivity index is 1.65. The third kappa shape index (κ3) is 6.62. The van der Waals surface area contributed by atoms with Crippen LogP contribution in [0, 0.1) is 6.92 Å². The fourth-order valence-electron chi connectivity index (χ4n) is 3.66. The predicted molar refractivity (Wildman–Crippen MR) is 132 cm³/mol. The second-order valence-corrected chi connectivity index (χ2v) is 8.32. The third-order valence-electron chi connectivity index (χ3n) is 5.76. The maximum atomic E-state index is 5.90. The van der Waals surface area contributed by atoms with E-state index in [2.05, 4.69) is 94.4 Å². The highest BCUT2D eigenvalue weighted by molar-refractivity contribution is 5.74. The molecule has 0 aliphatic heterocycles. The molecular formula is C29H36O2. The molecule has 0 aromatic heterocycles. The summed E-state index contributed by atoms with van der Waals surface area (Å²) < 4.78 is 11.8. The molecule has 0 amide bonds. The molecular weight excluding hydrogens is 380 g/mol. The van der Waals surface area contributed by atoms with Crippen molar-refractivity contribution in [2.75, 3.05) is 6.61 Å². The second-order valence-electron chi connectivity index (χ2n) is 8.32. The lowest BCUT2D eigenvalue weighted by atomic mass is 9.96. The van der Waals surface area contributed by atoms with Gasteiger partial charge in [-0.15, -0.1) is 0 Å². The molecule has 0 fully saturated rings. The number of hydrogen-bond acceptors (Lipinski definition) is 2. The molecule has 3 aromatic carbocycles. The average molecular weight is 417 g/mol. The van der Waals surface area contributed by atoms with Gasteiger partial charge in [0, 0.05) is 0 Å². The maximum absolute atomic E-state index is 5.90. The molecule has 0 radical (unpaired) electrons. The Morgan fingerprint density at radius 3 is 2.00 bits per heavy atom. The van der Waals surface area contributed by atoms with Crippen LogP contribution in [-0.4, -0.2) is 12.7 Å². The fourth-order valence-corrected chi connectivity index (χ4v) is 3.66. The van der Waals surface area contributed by atoms with Gasteiger partial charge in [0.2, 0.25) is 0 Å². The van der Waals surface area contributed by atoms with Gasteiger partial charge in [-0.1, -0.05) is 75.6 Å². The second kappa shape index (κ2) is 11.6. The van der Waals surface area contributed by atoms with Gasteiger partial charge in [-0.05, 0) is 78.8 Å². The average Bonchev–Trinajstić information content (AvgIpc) is 2.80. The van der Waals surface area contributed by atoms with Crippen molar-refractivity contribution in [1.29, 1.82) is 0 Å². The minimum absolute atomic E-state index is 0.241. The molecule has 0 saturated carbocycles. The summed E-state index contributed by atoms with van der Waals surface area (Å²) in [7, 11) is 0. The lowest BCUT2D eigenvalue weighted by molar-refractivity contribution is 0.217. The highest BCUT2D eigenvalue weighted by Crippen LogP contribution is 2.30. The monoisotopic (exact) mass is 416 g/mol. The summed E-state index contributed by atoms with van der Waals surface area (Å²) in [5, 5.41) is 0. The zero-order chi connectivity index (χ0) is 22.1. The summed E-state index contributed by atoms with van der Waals surface area (Å²) in [6.07, 6.45) is 6.16. The van der Waals surface area contributed by atoms with E-state index in [1.54, 1.807) is 0 Å². The van der Waals surface area contributed by atoms with E-state index >= 15 is 0 Å². The molecule has 3 aromatic rings. The van der Waals surface area contributed by atoms with E-state index < -0.39 is 0 Å². The fraction of sp³-hybridized carbons (Fsp3) is 0.379. The quantitative estimate of drug-likeness (QED) is 0.292. The first-order valence-corrected chi connectivity index (χ1v) is 11.7. The van der Waals surface area contributed by atoms with Crippen molar-refractivity contribution in [1.82, 2.24) is 0 Å². The van der Waals surface area contributed by atoms with Crippen LogP contribution < -0.4 is 9.47 Å². The Morgan fingerprint density at radius 2 is 1.35 bits per heavy atom. The van der Waals surface area contributed by atoms with Crippen LogP contribution in [0.25, 0.3) is 22.3 Å². The summed E-state index contributed by atoms with van der Waals surface area (Å²) in [6.45, 7) is 9.44. The molecule has 31 heavy (non-hydrogen) atoms. The lowest BCUT2D eigenvalue weighted by Gasteiger charge is -2.13. The zero-order valence-electron chi connectivity index (χ0n) is 19.5. The maximum Gasteiger partial charge on any atom is 0.119 e. The highest BCUT2D eigenvalue weighted by atomic mass is 16.5. The molecule has 0 unspecified atom stereocenters. The van der Waals surface area contributed by atoms with Gasteiger partial charge < -0.3 is 9.47 Å². The van der Waals surface area contributed by atoms with Crippen molar-refractivity contribution in [3.05, 3.63) is 72.3 Å². The van der Waals surface area contributed by atoms with Crippen LogP contribution in [0.5, 0.6) is 11.5 Å². The predicted octanol–water partition coefficient (Wildman–Crippen LogP) is 8.47. The summed E-state index contributed by atoms with van der Waals surface area (Å²) in [4.78, 5) is 0. The highest BCUT2D eigenvalue weighted by Gasteiger charge is 2.07. The molecule has 1 atom stereocenters. The number of hydrogen-bond donors (Lipinski definition) is 0. The minimum Gasteiger partial charge on any atom is -0.494 e. The van der Waals surface area contributed by atoms with E-state index in [9.17, 15) is 0 Å². The lowest BCUT2D eigenvalue weighted by Crippen LogP contribution is -2.09. The molecule has 0 aliphatic carbocycles. The van der Waals surface area contributed by atoms with Gasteiger partial charge >= 0.3 is 0 Å². The SMILES string of the molecule is CCCCCCOc1ccc(-c2ccc(-c3ccc(O[C@H](C)CC)cc3)cc2C)cc1. The molecule has 0 saturated heterocycles. The van der Waals surface area contributed by atoms with Crippen molar-refractivity contribution in [3.8, 4) is 33.8 Å². The van der Waals surface area contributed by atoms with Crippen LogP contribution in [0.3, 0.4) is 0 Å². The van der Waals surface area contributed by atoms with E-state index in [1.807, 2.05) is 0 Å². The van der Waals surface area contributed by atoms with Crippen LogP contribution in [0.2, 0.25) is 0 Å². The van der Waals surface area contributed by atoms with Crippen molar-refractivity contribution in [2.24, 2.45) is 0 Å². The van der Waals surface area contributed by atoms with Crippen molar-refractivity contribution in [2.45, 2.75) is 65.9 Å². The van der Waals surface area contributed by atoms with Gasteiger partial charge in [0.1, 0.15) is 11.5 Å². The molecule has 0 aliphatic rings.